The van der Waals surface area contributed by atoms with Gasteiger partial charge in [0.2, 0.25) is 0 Å². The average molecular weight is 239 g/mol. The lowest BCUT2D eigenvalue weighted by Gasteiger charge is -2.07. The highest BCUT2D eigenvalue weighted by Crippen LogP contribution is 2.18. The molecule has 0 aliphatic carbocycles. The summed E-state index contributed by atoms with van der Waals surface area (Å²) in [7, 11) is 0. The summed E-state index contributed by atoms with van der Waals surface area (Å²) in [5.41, 5.74) is 1.02. The number of hydrogen-bond acceptors (Lipinski definition) is 4. The maximum absolute atomic E-state index is 10.8. The van der Waals surface area contributed by atoms with Gasteiger partial charge >= 0.3 is 5.97 Å². The zero-order chi connectivity index (χ0) is 13.0. The van der Waals surface area contributed by atoms with Crippen molar-refractivity contribution in [2.75, 3.05) is 5.32 Å². The minimum Gasteiger partial charge on any atom is -0.477 e. The standard InChI is InChI=1S/C13H9N3O2/c14-8-9-4-1-2-5-10(9)15-12-7-3-6-11(16-12)13(17)18/h1-7H,(H,15,16)(H,17,18). The average Bonchev–Trinajstić information content (AvgIpc) is 2.39. The SMILES string of the molecule is N#Cc1ccccc1Nc1cccc(C(=O)O)n1. The number of carbonyl (C=O) groups is 1. The van der Waals surface area contributed by atoms with Crippen molar-refractivity contribution < 1.29 is 9.90 Å². The van der Waals surface area contributed by atoms with E-state index in [2.05, 4.69) is 10.3 Å². The first-order valence-electron chi connectivity index (χ1n) is 5.17. The number of hydrogen-bond donors (Lipinski definition) is 2. The third kappa shape index (κ3) is 2.44. The van der Waals surface area contributed by atoms with Crippen LogP contribution >= 0.6 is 0 Å². The van der Waals surface area contributed by atoms with E-state index >= 15 is 0 Å². The maximum Gasteiger partial charge on any atom is 0.354 e. The minimum absolute atomic E-state index is 0.0468. The minimum atomic E-state index is -1.09. The molecule has 0 aliphatic heterocycles. The van der Waals surface area contributed by atoms with E-state index in [1.165, 1.54) is 6.07 Å². The van der Waals surface area contributed by atoms with Crippen molar-refractivity contribution >= 4 is 17.5 Å². The number of nitriles is 1. The second-order valence-electron chi connectivity index (χ2n) is 3.50. The summed E-state index contributed by atoms with van der Waals surface area (Å²) in [5, 5.41) is 20.7. The number of nitrogens with one attached hydrogen (secondary N) is 1. The molecule has 0 saturated carbocycles. The van der Waals surface area contributed by atoms with Gasteiger partial charge in [-0.25, -0.2) is 9.78 Å². The van der Waals surface area contributed by atoms with Crippen LogP contribution in [0.1, 0.15) is 16.1 Å². The van der Waals surface area contributed by atoms with Crippen LogP contribution in [-0.2, 0) is 0 Å². The molecule has 1 heterocycles. The molecule has 88 valence electrons. The predicted molar refractivity (Wildman–Crippen MR) is 65.6 cm³/mol. The molecule has 2 rings (SSSR count). The smallest absolute Gasteiger partial charge is 0.354 e. The highest BCUT2D eigenvalue weighted by Gasteiger charge is 2.06. The molecule has 5 heteroatoms. The van der Waals surface area contributed by atoms with Gasteiger partial charge in [-0.05, 0) is 24.3 Å². The van der Waals surface area contributed by atoms with Crippen molar-refractivity contribution in [1.29, 1.82) is 5.26 Å². The first-order valence-corrected chi connectivity index (χ1v) is 5.17. The fourth-order valence-electron chi connectivity index (χ4n) is 1.45. The topological polar surface area (TPSA) is 86.0 Å². The Balaban J connectivity index is 2.32. The molecule has 0 unspecified atom stereocenters. The Labute approximate surface area is 103 Å². The van der Waals surface area contributed by atoms with E-state index in [0.717, 1.165) is 0 Å². The number of pyridine rings is 1. The highest BCUT2D eigenvalue weighted by molar-refractivity contribution is 5.85. The van der Waals surface area contributed by atoms with Gasteiger partial charge in [0.15, 0.2) is 5.69 Å². The van der Waals surface area contributed by atoms with Crippen LogP contribution in [0, 0.1) is 11.3 Å². The second kappa shape index (κ2) is 4.97. The van der Waals surface area contributed by atoms with Crippen molar-refractivity contribution in [3.05, 3.63) is 53.7 Å². The molecule has 18 heavy (non-hydrogen) atoms. The largest absolute Gasteiger partial charge is 0.477 e. The van der Waals surface area contributed by atoms with Gasteiger partial charge in [-0.1, -0.05) is 18.2 Å². The molecular formula is C13H9N3O2. The van der Waals surface area contributed by atoms with E-state index in [4.69, 9.17) is 10.4 Å². The summed E-state index contributed by atoms with van der Waals surface area (Å²) >= 11 is 0. The normalized spacial score (nSPS) is 9.50. The Hall–Kier alpha value is -2.87. The van der Waals surface area contributed by atoms with Crippen molar-refractivity contribution in [2.45, 2.75) is 0 Å². The number of para-hydroxylation sites is 1. The molecule has 0 saturated heterocycles. The number of nitrogens with zero attached hydrogens (tertiary/aromatic N) is 2. The number of aromatic nitrogens is 1. The summed E-state index contributed by atoms with van der Waals surface area (Å²) in [4.78, 5) is 14.7. The lowest BCUT2D eigenvalue weighted by Crippen LogP contribution is -2.03. The van der Waals surface area contributed by atoms with Crippen molar-refractivity contribution in [3.63, 3.8) is 0 Å². The molecule has 0 radical (unpaired) electrons. The zero-order valence-corrected chi connectivity index (χ0v) is 9.29. The number of aromatic carboxylic acids is 1. The lowest BCUT2D eigenvalue weighted by atomic mass is 10.2. The Morgan fingerprint density at radius 1 is 1.22 bits per heavy atom. The maximum atomic E-state index is 10.8. The van der Waals surface area contributed by atoms with Crippen molar-refractivity contribution in [3.8, 4) is 6.07 Å². The van der Waals surface area contributed by atoms with E-state index in [1.807, 2.05) is 6.07 Å². The van der Waals surface area contributed by atoms with E-state index in [1.54, 1.807) is 36.4 Å². The number of carboxylic acid groups (broad SMARTS) is 1. The summed E-state index contributed by atoms with van der Waals surface area (Å²) in [6.45, 7) is 0. The summed E-state index contributed by atoms with van der Waals surface area (Å²) in [6, 6.07) is 13.6. The third-order valence-electron chi connectivity index (χ3n) is 2.28. The Kier molecular flexibility index (Phi) is 3.21. The van der Waals surface area contributed by atoms with Crippen LogP contribution in [0.2, 0.25) is 0 Å². The first kappa shape index (κ1) is 11.6. The van der Waals surface area contributed by atoms with Crippen LogP contribution in [-0.4, -0.2) is 16.1 Å². The van der Waals surface area contributed by atoms with E-state index in [-0.39, 0.29) is 5.69 Å². The van der Waals surface area contributed by atoms with Gasteiger partial charge in [0.05, 0.1) is 11.3 Å². The zero-order valence-electron chi connectivity index (χ0n) is 9.29. The van der Waals surface area contributed by atoms with Crippen LogP contribution < -0.4 is 5.32 Å². The number of carboxylic acids is 1. The van der Waals surface area contributed by atoms with Crippen molar-refractivity contribution in [1.82, 2.24) is 4.98 Å². The molecule has 0 atom stereocenters. The van der Waals surface area contributed by atoms with Crippen LogP contribution in [0.5, 0.6) is 0 Å². The van der Waals surface area contributed by atoms with E-state index in [0.29, 0.717) is 17.1 Å². The molecule has 2 aromatic rings. The molecule has 0 spiro atoms. The summed E-state index contributed by atoms with van der Waals surface area (Å²) < 4.78 is 0. The fourth-order valence-corrected chi connectivity index (χ4v) is 1.45. The van der Waals surface area contributed by atoms with Crippen LogP contribution in [0.15, 0.2) is 42.5 Å². The molecular weight excluding hydrogens is 230 g/mol. The monoisotopic (exact) mass is 239 g/mol. The summed E-state index contributed by atoms with van der Waals surface area (Å²) in [6.07, 6.45) is 0. The molecule has 0 fully saturated rings. The van der Waals surface area contributed by atoms with Gasteiger partial charge < -0.3 is 10.4 Å². The third-order valence-corrected chi connectivity index (χ3v) is 2.28. The number of anilines is 2. The molecule has 2 N–H and O–H groups in total. The second-order valence-corrected chi connectivity index (χ2v) is 3.50. The molecule has 0 amide bonds. The molecule has 1 aromatic carbocycles. The van der Waals surface area contributed by atoms with E-state index in [9.17, 15) is 4.79 Å². The fraction of sp³-hybridized carbons (Fsp3) is 0. The quantitative estimate of drug-likeness (QED) is 0.858. The number of rotatable bonds is 3. The molecule has 1 aromatic heterocycles. The summed E-state index contributed by atoms with van der Waals surface area (Å²) in [5.74, 6) is -0.704. The highest BCUT2D eigenvalue weighted by atomic mass is 16.4. The Morgan fingerprint density at radius 3 is 2.72 bits per heavy atom. The van der Waals surface area contributed by atoms with Gasteiger partial charge in [0.1, 0.15) is 11.9 Å². The van der Waals surface area contributed by atoms with Crippen LogP contribution in [0.3, 0.4) is 0 Å². The van der Waals surface area contributed by atoms with E-state index < -0.39 is 5.97 Å². The van der Waals surface area contributed by atoms with Crippen LogP contribution in [0.25, 0.3) is 0 Å². The predicted octanol–water partition coefficient (Wildman–Crippen LogP) is 2.40. The van der Waals surface area contributed by atoms with Gasteiger partial charge in [0, 0.05) is 0 Å². The van der Waals surface area contributed by atoms with Gasteiger partial charge in [-0.2, -0.15) is 5.26 Å². The lowest BCUT2D eigenvalue weighted by molar-refractivity contribution is 0.0690. The Morgan fingerprint density at radius 2 is 2.00 bits per heavy atom. The Bertz CT molecular complexity index is 632. The van der Waals surface area contributed by atoms with Crippen LogP contribution in [0.4, 0.5) is 11.5 Å². The first-order chi connectivity index (χ1) is 8.70. The van der Waals surface area contributed by atoms with Crippen molar-refractivity contribution in [2.24, 2.45) is 0 Å². The molecule has 0 aliphatic rings. The molecule has 0 bridgehead atoms. The molecule has 5 nitrogen and oxygen atoms in total. The number of benzene rings is 1. The van der Waals surface area contributed by atoms with Gasteiger partial charge in [0.25, 0.3) is 0 Å². The van der Waals surface area contributed by atoms with Gasteiger partial charge in [-0.3, -0.25) is 0 Å². The van der Waals surface area contributed by atoms with Gasteiger partial charge in [-0.15, -0.1) is 0 Å².